The summed E-state index contributed by atoms with van der Waals surface area (Å²) in [5.41, 5.74) is 4.69. The van der Waals surface area contributed by atoms with E-state index in [-0.39, 0.29) is 5.91 Å². The van der Waals surface area contributed by atoms with Crippen molar-refractivity contribution >= 4 is 11.6 Å². The molecule has 0 aliphatic heterocycles. The number of hydrogen-bond donors (Lipinski definition) is 1. The van der Waals surface area contributed by atoms with Gasteiger partial charge in [0, 0.05) is 5.69 Å². The monoisotopic (exact) mass is 358 g/mol. The predicted octanol–water partition coefficient (Wildman–Crippen LogP) is 5.58. The van der Waals surface area contributed by atoms with Gasteiger partial charge in [-0.15, -0.1) is 0 Å². The van der Waals surface area contributed by atoms with Crippen LogP contribution < -0.4 is 5.32 Å². The van der Waals surface area contributed by atoms with Crippen molar-refractivity contribution in [1.29, 1.82) is 5.26 Å². The smallest absolute Gasteiger partial charge is 0.266 e. The summed E-state index contributed by atoms with van der Waals surface area (Å²) >= 11 is 0. The first-order valence-electron chi connectivity index (χ1n) is 9.82. The first kappa shape index (κ1) is 18.9. The maximum Gasteiger partial charge on any atom is 0.266 e. The molecule has 1 N–H and O–H groups in total. The molecule has 0 spiro atoms. The molecular formula is C24H26N2O. The second kappa shape index (κ2) is 9.73. The van der Waals surface area contributed by atoms with E-state index in [2.05, 4.69) is 47.8 Å². The van der Waals surface area contributed by atoms with E-state index in [4.69, 9.17) is 0 Å². The molecule has 0 unspecified atom stereocenters. The van der Waals surface area contributed by atoms with Gasteiger partial charge in [-0.05, 0) is 73.8 Å². The van der Waals surface area contributed by atoms with Crippen LogP contribution in [0, 0.1) is 11.3 Å². The molecule has 1 aliphatic rings. The molecule has 1 aliphatic carbocycles. The van der Waals surface area contributed by atoms with Crippen molar-refractivity contribution < 1.29 is 4.79 Å². The van der Waals surface area contributed by atoms with Crippen LogP contribution in [-0.2, 0) is 17.6 Å². The summed E-state index contributed by atoms with van der Waals surface area (Å²) in [4.78, 5) is 12.5. The van der Waals surface area contributed by atoms with E-state index >= 15 is 0 Å². The Morgan fingerprint density at radius 1 is 0.889 bits per heavy atom. The highest BCUT2D eigenvalue weighted by molar-refractivity contribution is 6.07. The first-order chi connectivity index (χ1) is 13.3. The van der Waals surface area contributed by atoms with Crippen LogP contribution in [0.15, 0.2) is 65.7 Å². The molecule has 0 atom stereocenters. The van der Waals surface area contributed by atoms with Crippen LogP contribution in [0.4, 0.5) is 5.69 Å². The summed E-state index contributed by atoms with van der Waals surface area (Å²) in [5, 5.41) is 12.3. The third-order valence-electron chi connectivity index (χ3n) is 5.14. The number of nitrogens with one attached hydrogen (secondary N) is 1. The molecule has 3 nitrogen and oxygen atoms in total. The summed E-state index contributed by atoms with van der Waals surface area (Å²) in [7, 11) is 0. The highest BCUT2D eigenvalue weighted by Crippen LogP contribution is 2.26. The lowest BCUT2D eigenvalue weighted by atomic mass is 9.91. The third-order valence-corrected chi connectivity index (χ3v) is 5.14. The number of benzene rings is 2. The number of rotatable bonds is 6. The number of nitrogens with zero attached hydrogens (tertiary/aromatic N) is 1. The van der Waals surface area contributed by atoms with Gasteiger partial charge in [0.2, 0.25) is 0 Å². The fourth-order valence-electron chi connectivity index (χ4n) is 3.61. The van der Waals surface area contributed by atoms with E-state index in [9.17, 15) is 10.1 Å². The maximum atomic E-state index is 12.5. The summed E-state index contributed by atoms with van der Waals surface area (Å²) < 4.78 is 0. The molecule has 0 radical (unpaired) electrons. The Labute approximate surface area is 161 Å². The van der Waals surface area contributed by atoms with Crippen LogP contribution in [0.25, 0.3) is 0 Å². The normalized spacial score (nSPS) is 13.7. The van der Waals surface area contributed by atoms with Crippen LogP contribution in [0.5, 0.6) is 0 Å². The molecule has 3 heteroatoms. The molecule has 1 fully saturated rings. The molecule has 0 heterocycles. The summed E-state index contributed by atoms with van der Waals surface area (Å²) in [6.45, 7) is 0. The van der Waals surface area contributed by atoms with Crippen molar-refractivity contribution in [2.75, 3.05) is 5.32 Å². The van der Waals surface area contributed by atoms with E-state index in [0.29, 0.717) is 5.57 Å². The minimum atomic E-state index is -0.272. The molecule has 2 aromatic carbocycles. The van der Waals surface area contributed by atoms with Crippen molar-refractivity contribution in [2.24, 2.45) is 0 Å². The number of carbonyl (C=O) groups excluding carboxylic acids is 1. The molecule has 2 aromatic rings. The fraction of sp³-hybridized carbons (Fsp3) is 0.333. The Kier molecular flexibility index (Phi) is 6.82. The van der Waals surface area contributed by atoms with Gasteiger partial charge in [-0.2, -0.15) is 5.26 Å². The standard InChI is InChI=1S/C24H26N2O/c25-18-23(21-12-5-2-6-13-21)24(27)26-22-16-14-20(15-17-22)11-7-10-19-8-3-1-4-9-19/h1,3-4,8-9,14-17H,2,5-7,10-13H2,(H,26,27). The van der Waals surface area contributed by atoms with Crippen molar-refractivity contribution in [3.05, 3.63) is 76.9 Å². The number of anilines is 1. The van der Waals surface area contributed by atoms with E-state index in [1.54, 1.807) is 0 Å². The minimum Gasteiger partial charge on any atom is -0.321 e. The Hall–Kier alpha value is -2.86. The van der Waals surface area contributed by atoms with Crippen molar-refractivity contribution in [3.8, 4) is 6.07 Å². The van der Waals surface area contributed by atoms with E-state index in [1.807, 2.05) is 18.2 Å². The average Bonchev–Trinajstić information content (AvgIpc) is 2.71. The zero-order chi connectivity index (χ0) is 18.9. The number of aryl methyl sites for hydroxylation is 2. The largest absolute Gasteiger partial charge is 0.321 e. The predicted molar refractivity (Wildman–Crippen MR) is 109 cm³/mol. The van der Waals surface area contributed by atoms with E-state index in [1.165, 1.54) is 17.5 Å². The minimum absolute atomic E-state index is 0.272. The summed E-state index contributed by atoms with van der Waals surface area (Å²) in [5.74, 6) is -0.272. The van der Waals surface area contributed by atoms with Crippen molar-refractivity contribution in [2.45, 2.75) is 51.4 Å². The zero-order valence-electron chi connectivity index (χ0n) is 15.7. The van der Waals surface area contributed by atoms with Crippen molar-refractivity contribution in [1.82, 2.24) is 0 Å². The molecule has 0 bridgehead atoms. The number of amides is 1. The Bertz CT molecular complexity index is 821. The SMILES string of the molecule is N#CC(C(=O)Nc1ccc(CCCc2ccccc2)cc1)=C1CCCCC1. The van der Waals surface area contributed by atoms with Crippen LogP contribution >= 0.6 is 0 Å². The highest BCUT2D eigenvalue weighted by atomic mass is 16.1. The average molecular weight is 358 g/mol. The van der Waals surface area contributed by atoms with Crippen LogP contribution in [-0.4, -0.2) is 5.91 Å². The first-order valence-corrected chi connectivity index (χ1v) is 9.82. The second-order valence-corrected chi connectivity index (χ2v) is 7.14. The van der Waals surface area contributed by atoms with Gasteiger partial charge < -0.3 is 5.32 Å². The lowest BCUT2D eigenvalue weighted by Crippen LogP contribution is -2.16. The Balaban J connectivity index is 1.54. The number of hydrogen-bond acceptors (Lipinski definition) is 2. The Morgan fingerprint density at radius 2 is 1.52 bits per heavy atom. The van der Waals surface area contributed by atoms with Crippen LogP contribution in [0.2, 0.25) is 0 Å². The number of carbonyl (C=O) groups is 1. The van der Waals surface area contributed by atoms with Gasteiger partial charge >= 0.3 is 0 Å². The van der Waals surface area contributed by atoms with Gasteiger partial charge in [-0.25, -0.2) is 0 Å². The molecule has 138 valence electrons. The second-order valence-electron chi connectivity index (χ2n) is 7.14. The van der Waals surface area contributed by atoms with Gasteiger partial charge in [-0.3, -0.25) is 4.79 Å². The third kappa shape index (κ3) is 5.56. The molecule has 1 amide bonds. The topological polar surface area (TPSA) is 52.9 Å². The van der Waals surface area contributed by atoms with Crippen molar-refractivity contribution in [3.63, 3.8) is 0 Å². The molecule has 0 saturated heterocycles. The van der Waals surface area contributed by atoms with Gasteiger partial charge in [-0.1, -0.05) is 48.9 Å². The highest BCUT2D eigenvalue weighted by Gasteiger charge is 2.17. The van der Waals surface area contributed by atoms with Gasteiger partial charge in [0.15, 0.2) is 0 Å². The maximum absolute atomic E-state index is 12.5. The van der Waals surface area contributed by atoms with Gasteiger partial charge in [0.25, 0.3) is 5.91 Å². The summed E-state index contributed by atoms with van der Waals surface area (Å²) in [6.07, 6.45) is 8.26. The number of nitriles is 1. The molecule has 0 aromatic heterocycles. The lowest BCUT2D eigenvalue weighted by Gasteiger charge is -2.15. The lowest BCUT2D eigenvalue weighted by molar-refractivity contribution is -0.112. The van der Waals surface area contributed by atoms with E-state index < -0.39 is 0 Å². The van der Waals surface area contributed by atoms with Gasteiger partial charge in [0.1, 0.15) is 11.6 Å². The zero-order valence-corrected chi connectivity index (χ0v) is 15.7. The fourth-order valence-corrected chi connectivity index (χ4v) is 3.61. The quantitative estimate of drug-likeness (QED) is 0.541. The molecule has 1 saturated carbocycles. The molecular weight excluding hydrogens is 332 g/mol. The van der Waals surface area contributed by atoms with Crippen LogP contribution in [0.1, 0.15) is 49.7 Å². The van der Waals surface area contributed by atoms with Crippen LogP contribution in [0.3, 0.4) is 0 Å². The summed E-state index contributed by atoms with van der Waals surface area (Å²) in [6, 6.07) is 20.6. The van der Waals surface area contributed by atoms with E-state index in [0.717, 1.165) is 56.2 Å². The van der Waals surface area contributed by atoms with Gasteiger partial charge in [0.05, 0.1) is 0 Å². The number of allylic oxidation sites excluding steroid dienone is 1. The Morgan fingerprint density at radius 3 is 2.15 bits per heavy atom. The molecule has 3 rings (SSSR count). The molecule has 27 heavy (non-hydrogen) atoms.